The number of hydrogen-bond acceptors (Lipinski definition) is 1. The number of nitrogens with zero attached hydrogens (tertiary/aromatic N) is 1. The lowest BCUT2D eigenvalue weighted by Gasteiger charge is -2.29. The van der Waals surface area contributed by atoms with Gasteiger partial charge in [0, 0.05) is 29.6 Å². The molecule has 130 valence electrons. The van der Waals surface area contributed by atoms with Gasteiger partial charge in [-0.2, -0.15) is 13.2 Å². The van der Waals surface area contributed by atoms with Gasteiger partial charge in [-0.15, -0.1) is 0 Å². The van der Waals surface area contributed by atoms with Crippen LogP contribution in [0.1, 0.15) is 29.3 Å². The molecule has 0 saturated heterocycles. The fourth-order valence-electron chi connectivity index (χ4n) is 2.85. The van der Waals surface area contributed by atoms with E-state index in [-0.39, 0.29) is 22.8 Å². The van der Waals surface area contributed by atoms with E-state index in [9.17, 15) is 31.4 Å². The Labute approximate surface area is 137 Å². The Morgan fingerprint density at radius 2 is 1.92 bits per heavy atom. The fourth-order valence-corrected chi connectivity index (χ4v) is 3.02. The zero-order valence-electron chi connectivity index (χ0n) is 11.8. The Morgan fingerprint density at radius 3 is 2.50 bits per heavy atom. The third kappa shape index (κ3) is 2.67. The highest BCUT2D eigenvalue weighted by Crippen LogP contribution is 2.48. The summed E-state index contributed by atoms with van der Waals surface area (Å²) in [6.45, 7) is 0. The van der Waals surface area contributed by atoms with Gasteiger partial charge in [0.15, 0.2) is 0 Å². The first kappa shape index (κ1) is 17.2. The van der Waals surface area contributed by atoms with E-state index >= 15 is 0 Å². The zero-order chi connectivity index (χ0) is 17.9. The molecule has 9 heteroatoms. The SMILES string of the molecule is OC1c2c(C(F)(F)F)cn(-c3ccc(F)c(Cl)c3)c2CCC1(F)F. The highest BCUT2D eigenvalue weighted by Gasteiger charge is 2.50. The van der Waals surface area contributed by atoms with E-state index in [1.54, 1.807) is 0 Å². The third-order valence-corrected chi connectivity index (χ3v) is 4.30. The van der Waals surface area contributed by atoms with Gasteiger partial charge in [-0.3, -0.25) is 0 Å². The molecule has 0 spiro atoms. The van der Waals surface area contributed by atoms with Gasteiger partial charge in [-0.25, -0.2) is 13.2 Å². The standard InChI is InChI=1S/C15H10ClF6NO/c16-9-5-7(1-2-10(9)17)23-6-8(15(20,21)22)12-11(23)3-4-14(18,19)13(12)24/h1-2,5-6,13,24H,3-4H2. The Balaban J connectivity index is 2.25. The number of benzene rings is 1. The van der Waals surface area contributed by atoms with E-state index in [0.29, 0.717) is 6.20 Å². The minimum Gasteiger partial charge on any atom is -0.382 e. The molecule has 1 aromatic heterocycles. The number of hydrogen-bond donors (Lipinski definition) is 1. The van der Waals surface area contributed by atoms with Crippen LogP contribution < -0.4 is 0 Å². The van der Waals surface area contributed by atoms with Crippen molar-refractivity contribution in [3.63, 3.8) is 0 Å². The van der Waals surface area contributed by atoms with Crippen molar-refractivity contribution in [2.45, 2.75) is 31.0 Å². The number of fused-ring (bicyclic) bond motifs is 1. The molecule has 0 amide bonds. The normalized spacial score (nSPS) is 20.1. The molecule has 1 aromatic carbocycles. The molecule has 0 radical (unpaired) electrons. The van der Waals surface area contributed by atoms with Crippen molar-refractivity contribution in [1.29, 1.82) is 0 Å². The zero-order valence-corrected chi connectivity index (χ0v) is 12.6. The molecule has 0 bridgehead atoms. The van der Waals surface area contributed by atoms with Crippen molar-refractivity contribution >= 4 is 11.6 Å². The van der Waals surface area contributed by atoms with Gasteiger partial charge in [-0.05, 0) is 24.6 Å². The van der Waals surface area contributed by atoms with Crippen LogP contribution >= 0.6 is 11.6 Å². The highest BCUT2D eigenvalue weighted by atomic mass is 35.5. The maximum atomic E-state index is 13.7. The molecule has 1 heterocycles. The van der Waals surface area contributed by atoms with Crippen LogP contribution in [0.25, 0.3) is 5.69 Å². The van der Waals surface area contributed by atoms with Crippen LogP contribution in [0.4, 0.5) is 26.3 Å². The molecular formula is C15H10ClF6NO. The van der Waals surface area contributed by atoms with Gasteiger partial charge in [0.1, 0.15) is 11.9 Å². The minimum atomic E-state index is -4.92. The molecule has 0 aliphatic heterocycles. The summed E-state index contributed by atoms with van der Waals surface area (Å²) in [7, 11) is 0. The van der Waals surface area contributed by atoms with Crippen molar-refractivity contribution < 1.29 is 31.4 Å². The van der Waals surface area contributed by atoms with Gasteiger partial charge in [-0.1, -0.05) is 11.6 Å². The first-order chi connectivity index (χ1) is 11.0. The topological polar surface area (TPSA) is 25.2 Å². The summed E-state index contributed by atoms with van der Waals surface area (Å²) < 4.78 is 81.3. The lowest BCUT2D eigenvalue weighted by atomic mass is 9.89. The van der Waals surface area contributed by atoms with E-state index in [4.69, 9.17) is 11.6 Å². The molecule has 24 heavy (non-hydrogen) atoms. The molecule has 1 aliphatic rings. The van der Waals surface area contributed by atoms with Crippen LogP contribution in [-0.2, 0) is 12.6 Å². The molecule has 1 aliphatic carbocycles. The van der Waals surface area contributed by atoms with Crippen LogP contribution in [0.15, 0.2) is 24.4 Å². The van der Waals surface area contributed by atoms with Crippen LogP contribution in [-0.4, -0.2) is 15.6 Å². The predicted molar refractivity (Wildman–Crippen MR) is 74.0 cm³/mol. The molecular weight excluding hydrogens is 360 g/mol. The predicted octanol–water partition coefficient (Wildman–Crippen LogP) is 4.90. The summed E-state index contributed by atoms with van der Waals surface area (Å²) in [5, 5.41) is 9.43. The Bertz CT molecular complexity index is 798. The second kappa shape index (κ2) is 5.42. The smallest absolute Gasteiger partial charge is 0.382 e. The summed E-state index contributed by atoms with van der Waals surface area (Å²) in [6, 6.07) is 3.24. The summed E-state index contributed by atoms with van der Waals surface area (Å²) in [6.07, 6.45) is -8.02. The number of aromatic nitrogens is 1. The molecule has 1 N–H and O–H groups in total. The first-order valence-electron chi connectivity index (χ1n) is 6.85. The van der Waals surface area contributed by atoms with Crippen molar-refractivity contribution in [3.05, 3.63) is 52.1 Å². The third-order valence-electron chi connectivity index (χ3n) is 4.01. The van der Waals surface area contributed by atoms with Crippen molar-refractivity contribution in [2.24, 2.45) is 0 Å². The summed E-state index contributed by atoms with van der Waals surface area (Å²) in [5.41, 5.74) is -2.20. The van der Waals surface area contributed by atoms with E-state index in [1.165, 1.54) is 6.07 Å². The molecule has 3 rings (SSSR count). The summed E-state index contributed by atoms with van der Waals surface area (Å²) in [4.78, 5) is 0. The van der Waals surface area contributed by atoms with E-state index in [2.05, 4.69) is 0 Å². The Kier molecular flexibility index (Phi) is 3.88. The lowest BCUT2D eigenvalue weighted by molar-refractivity contribution is -0.147. The summed E-state index contributed by atoms with van der Waals surface area (Å²) in [5.74, 6) is -4.41. The fraction of sp³-hybridized carbons (Fsp3) is 0.333. The average molecular weight is 370 g/mol. The number of alkyl halides is 5. The van der Waals surface area contributed by atoms with Crippen molar-refractivity contribution in [3.8, 4) is 5.69 Å². The molecule has 2 nitrogen and oxygen atoms in total. The maximum absolute atomic E-state index is 13.7. The molecule has 0 fully saturated rings. The van der Waals surface area contributed by atoms with Gasteiger partial charge in [0.25, 0.3) is 5.92 Å². The van der Waals surface area contributed by atoms with Crippen LogP contribution in [0.2, 0.25) is 5.02 Å². The highest BCUT2D eigenvalue weighted by molar-refractivity contribution is 6.30. The maximum Gasteiger partial charge on any atom is 0.418 e. The van der Waals surface area contributed by atoms with Crippen molar-refractivity contribution in [1.82, 2.24) is 4.57 Å². The molecule has 1 atom stereocenters. The number of halogens is 7. The van der Waals surface area contributed by atoms with Crippen LogP contribution in [0.3, 0.4) is 0 Å². The monoisotopic (exact) mass is 369 g/mol. The number of rotatable bonds is 1. The van der Waals surface area contributed by atoms with Crippen LogP contribution in [0.5, 0.6) is 0 Å². The van der Waals surface area contributed by atoms with Gasteiger partial charge >= 0.3 is 6.18 Å². The molecule has 0 saturated carbocycles. The second-order valence-corrected chi connectivity index (χ2v) is 5.94. The van der Waals surface area contributed by atoms with Crippen molar-refractivity contribution in [2.75, 3.05) is 0 Å². The largest absolute Gasteiger partial charge is 0.418 e. The van der Waals surface area contributed by atoms with Gasteiger partial charge in [0.05, 0.1) is 10.6 Å². The van der Waals surface area contributed by atoms with E-state index in [1.807, 2.05) is 0 Å². The summed E-state index contributed by atoms with van der Waals surface area (Å²) >= 11 is 5.64. The van der Waals surface area contributed by atoms with E-state index < -0.39 is 41.6 Å². The first-order valence-corrected chi connectivity index (χ1v) is 7.23. The second-order valence-electron chi connectivity index (χ2n) is 5.53. The van der Waals surface area contributed by atoms with Crippen LogP contribution in [0, 0.1) is 5.82 Å². The molecule has 2 aromatic rings. The van der Waals surface area contributed by atoms with Gasteiger partial charge < -0.3 is 9.67 Å². The number of aliphatic hydroxyl groups is 1. The Morgan fingerprint density at radius 1 is 1.25 bits per heavy atom. The lowest BCUT2D eigenvalue weighted by Crippen LogP contribution is -2.33. The van der Waals surface area contributed by atoms with E-state index in [0.717, 1.165) is 16.7 Å². The minimum absolute atomic E-state index is 0.0885. The average Bonchev–Trinajstić information content (AvgIpc) is 2.86. The Hall–Kier alpha value is -1.67. The van der Waals surface area contributed by atoms with Gasteiger partial charge in [0.2, 0.25) is 0 Å². The molecule has 1 unspecified atom stereocenters. The number of aliphatic hydroxyl groups excluding tert-OH is 1. The quantitative estimate of drug-likeness (QED) is 0.710.